The van der Waals surface area contributed by atoms with Crippen LogP contribution < -0.4 is 21.1 Å². The summed E-state index contributed by atoms with van der Waals surface area (Å²) in [5.74, 6) is 2.23. The van der Waals surface area contributed by atoms with Crippen molar-refractivity contribution in [2.45, 2.75) is 6.92 Å². The monoisotopic (exact) mass is 467 g/mol. The lowest BCUT2D eigenvalue weighted by molar-refractivity contribution is 0.262. The number of hydrogen-bond donors (Lipinski definition) is 3. The Bertz CT molecular complexity index is 1440. The van der Waals surface area contributed by atoms with Crippen LogP contribution in [0.15, 0.2) is 89.9 Å². The maximum Gasteiger partial charge on any atom is 0.324 e. The number of hydrogen-bond acceptors (Lipinski definition) is 7. The van der Waals surface area contributed by atoms with Crippen molar-refractivity contribution in [3.63, 3.8) is 0 Å². The summed E-state index contributed by atoms with van der Waals surface area (Å²) in [6.07, 6.45) is 4.55. The Hall–Kier alpha value is -5.12. The van der Waals surface area contributed by atoms with Crippen molar-refractivity contribution in [1.82, 2.24) is 19.7 Å². The van der Waals surface area contributed by atoms with Gasteiger partial charge in [-0.2, -0.15) is 5.10 Å². The molecule has 10 nitrogen and oxygen atoms in total. The first-order chi connectivity index (χ1) is 17.0. The first-order valence-electron chi connectivity index (χ1n) is 10.7. The molecule has 174 valence electrons. The molecule has 10 heteroatoms. The van der Waals surface area contributed by atoms with Crippen LogP contribution in [0.3, 0.4) is 0 Å². The minimum absolute atomic E-state index is 0.309. The third-order valence-corrected chi connectivity index (χ3v) is 5.06. The van der Waals surface area contributed by atoms with E-state index >= 15 is 0 Å². The number of furan rings is 1. The summed E-state index contributed by atoms with van der Waals surface area (Å²) in [7, 11) is 0. The molecule has 3 heterocycles. The Morgan fingerprint density at radius 2 is 1.83 bits per heavy atom. The molecule has 0 fully saturated rings. The summed E-state index contributed by atoms with van der Waals surface area (Å²) in [4.78, 5) is 20.7. The smallest absolute Gasteiger partial charge is 0.324 e. The fraction of sp³-hybridized carbons (Fsp3) is 0.0400. The Labute approximate surface area is 200 Å². The van der Waals surface area contributed by atoms with Crippen molar-refractivity contribution in [2.75, 3.05) is 16.4 Å². The van der Waals surface area contributed by atoms with Crippen molar-refractivity contribution in [1.29, 1.82) is 0 Å². The van der Waals surface area contributed by atoms with Gasteiger partial charge < -0.3 is 20.2 Å². The maximum absolute atomic E-state index is 12.9. The molecule has 35 heavy (non-hydrogen) atoms. The van der Waals surface area contributed by atoms with Crippen molar-refractivity contribution in [3.8, 4) is 28.6 Å². The van der Waals surface area contributed by atoms with E-state index in [1.54, 1.807) is 47.5 Å². The average molecular weight is 467 g/mol. The molecule has 5 rings (SSSR count). The Morgan fingerprint density at radius 3 is 2.54 bits per heavy atom. The fourth-order valence-electron chi connectivity index (χ4n) is 3.37. The SMILES string of the molecule is Cc1ccc(-n2ncc(-c3ccco3)c2NC(=O)Nc2ccc(Oc3cc(N)ncn3)cc2)cc1. The number of nitrogens with two attached hydrogens (primary N) is 1. The molecule has 0 aliphatic rings. The molecule has 0 radical (unpaired) electrons. The summed E-state index contributed by atoms with van der Waals surface area (Å²) in [5, 5.41) is 10.2. The number of aromatic nitrogens is 4. The summed E-state index contributed by atoms with van der Waals surface area (Å²) in [5.41, 5.74) is 8.79. The first kappa shape index (κ1) is 21.7. The molecule has 0 atom stereocenters. The highest BCUT2D eigenvalue weighted by atomic mass is 16.5. The summed E-state index contributed by atoms with van der Waals surface area (Å²) in [6.45, 7) is 2.01. The van der Waals surface area contributed by atoms with Gasteiger partial charge in [-0.25, -0.2) is 19.4 Å². The van der Waals surface area contributed by atoms with Crippen molar-refractivity contribution < 1.29 is 13.9 Å². The van der Waals surface area contributed by atoms with Gasteiger partial charge in [0.2, 0.25) is 5.88 Å². The van der Waals surface area contributed by atoms with Crippen molar-refractivity contribution in [2.24, 2.45) is 0 Å². The van der Waals surface area contributed by atoms with E-state index in [0.29, 0.717) is 40.3 Å². The number of carbonyl (C=O) groups is 1. The normalized spacial score (nSPS) is 10.7. The molecular formula is C25H21N7O3. The van der Waals surface area contributed by atoms with E-state index in [2.05, 4.69) is 25.7 Å². The number of ether oxygens (including phenoxy) is 1. The number of amides is 2. The topological polar surface area (TPSA) is 133 Å². The molecule has 0 aliphatic carbocycles. The van der Waals surface area contributed by atoms with Crippen LogP contribution in [-0.4, -0.2) is 25.8 Å². The predicted molar refractivity (Wildman–Crippen MR) is 132 cm³/mol. The number of carbonyl (C=O) groups excluding carboxylic acids is 1. The van der Waals surface area contributed by atoms with Crippen LogP contribution in [0.5, 0.6) is 11.6 Å². The molecular weight excluding hydrogens is 446 g/mol. The largest absolute Gasteiger partial charge is 0.464 e. The minimum atomic E-state index is -0.441. The van der Waals surface area contributed by atoms with Gasteiger partial charge in [-0.15, -0.1) is 0 Å². The zero-order chi connectivity index (χ0) is 24.2. The quantitative estimate of drug-likeness (QED) is 0.311. The number of nitrogen functional groups attached to an aromatic ring is 1. The van der Waals surface area contributed by atoms with Crippen LogP contribution in [-0.2, 0) is 0 Å². The third-order valence-electron chi connectivity index (χ3n) is 5.06. The zero-order valence-electron chi connectivity index (χ0n) is 18.7. The fourth-order valence-corrected chi connectivity index (χ4v) is 3.37. The number of benzene rings is 2. The van der Waals surface area contributed by atoms with E-state index in [1.807, 2.05) is 37.3 Å². The summed E-state index contributed by atoms with van der Waals surface area (Å²) < 4.78 is 12.8. The lowest BCUT2D eigenvalue weighted by Crippen LogP contribution is -2.21. The molecule has 5 aromatic rings. The van der Waals surface area contributed by atoms with E-state index in [4.69, 9.17) is 14.9 Å². The molecule has 4 N–H and O–H groups in total. The summed E-state index contributed by atoms with van der Waals surface area (Å²) in [6, 6.07) is 19.3. The lowest BCUT2D eigenvalue weighted by atomic mass is 10.2. The van der Waals surface area contributed by atoms with Gasteiger partial charge in [-0.3, -0.25) is 5.32 Å². The molecule has 2 aromatic carbocycles. The number of urea groups is 1. The van der Waals surface area contributed by atoms with Crippen molar-refractivity contribution in [3.05, 3.63) is 91.1 Å². The molecule has 0 unspecified atom stereocenters. The van der Waals surface area contributed by atoms with E-state index in [-0.39, 0.29) is 0 Å². The second-order valence-corrected chi connectivity index (χ2v) is 7.62. The van der Waals surface area contributed by atoms with Crippen LogP contribution in [0.2, 0.25) is 0 Å². The molecule has 0 spiro atoms. The lowest BCUT2D eigenvalue weighted by Gasteiger charge is -2.12. The van der Waals surface area contributed by atoms with Gasteiger partial charge in [0.05, 0.1) is 23.7 Å². The second-order valence-electron chi connectivity index (χ2n) is 7.62. The minimum Gasteiger partial charge on any atom is -0.464 e. The van der Waals surface area contributed by atoms with Crippen LogP contribution in [0.25, 0.3) is 17.0 Å². The van der Waals surface area contributed by atoms with Gasteiger partial charge >= 0.3 is 6.03 Å². The van der Waals surface area contributed by atoms with Crippen LogP contribution >= 0.6 is 0 Å². The number of nitrogens with zero attached hydrogens (tertiary/aromatic N) is 4. The van der Waals surface area contributed by atoms with Gasteiger partial charge in [0.15, 0.2) is 0 Å². The second kappa shape index (κ2) is 9.40. The van der Waals surface area contributed by atoms with E-state index < -0.39 is 6.03 Å². The van der Waals surface area contributed by atoms with Gasteiger partial charge in [0.1, 0.15) is 29.5 Å². The van der Waals surface area contributed by atoms with Crippen LogP contribution in [0.1, 0.15) is 5.56 Å². The number of anilines is 3. The Kier molecular flexibility index (Phi) is 5.83. The highest BCUT2D eigenvalue weighted by Crippen LogP contribution is 2.31. The zero-order valence-corrected chi connectivity index (χ0v) is 18.7. The van der Waals surface area contributed by atoms with E-state index in [1.165, 1.54) is 12.4 Å². The standard InChI is InChI=1S/C25H21N7O3/c1-16-4-8-18(9-5-16)32-24(20(14-29-32)21-3-2-12-34-21)31-25(33)30-17-6-10-19(11-7-17)35-23-13-22(26)27-15-28-23/h2-15H,1H3,(H2,26,27,28)(H2,30,31,33). The Balaban J connectivity index is 1.34. The average Bonchev–Trinajstić information content (AvgIpc) is 3.51. The van der Waals surface area contributed by atoms with Crippen molar-refractivity contribution >= 4 is 23.4 Å². The van der Waals surface area contributed by atoms with Crippen LogP contribution in [0, 0.1) is 6.92 Å². The molecule has 2 amide bonds. The first-order valence-corrected chi connectivity index (χ1v) is 10.7. The number of rotatable bonds is 6. The maximum atomic E-state index is 12.9. The summed E-state index contributed by atoms with van der Waals surface area (Å²) >= 11 is 0. The van der Waals surface area contributed by atoms with Gasteiger partial charge in [0.25, 0.3) is 0 Å². The number of nitrogens with one attached hydrogen (secondary N) is 2. The molecule has 0 bridgehead atoms. The Morgan fingerprint density at radius 1 is 1.03 bits per heavy atom. The number of aryl methyl sites for hydroxylation is 1. The highest BCUT2D eigenvalue weighted by molar-refractivity contribution is 6.01. The van der Waals surface area contributed by atoms with Gasteiger partial charge in [-0.05, 0) is 55.5 Å². The van der Waals surface area contributed by atoms with Gasteiger partial charge in [-0.1, -0.05) is 17.7 Å². The molecule has 0 aliphatic heterocycles. The molecule has 0 saturated carbocycles. The molecule has 0 saturated heterocycles. The van der Waals surface area contributed by atoms with E-state index in [9.17, 15) is 4.79 Å². The van der Waals surface area contributed by atoms with E-state index in [0.717, 1.165) is 11.3 Å². The highest BCUT2D eigenvalue weighted by Gasteiger charge is 2.18. The molecule has 3 aromatic heterocycles. The predicted octanol–water partition coefficient (Wildman–Crippen LogP) is 5.25. The van der Waals surface area contributed by atoms with Crippen LogP contribution in [0.4, 0.5) is 22.1 Å². The van der Waals surface area contributed by atoms with Gasteiger partial charge in [0, 0.05) is 11.8 Å². The third kappa shape index (κ3) is 4.96.